The number of hydrogen-bond donors (Lipinski definition) is 0. The van der Waals surface area contributed by atoms with E-state index in [1.807, 2.05) is 0 Å². The molecule has 2 aromatic carbocycles. The molecule has 0 spiro atoms. The highest BCUT2D eigenvalue weighted by atomic mass is 28.3. The number of fused-ring (bicyclic) bond motifs is 1. The first kappa shape index (κ1) is 14.3. The summed E-state index contributed by atoms with van der Waals surface area (Å²) >= 11 is 0. The van der Waals surface area contributed by atoms with E-state index in [1.54, 1.807) is 11.1 Å². The molecule has 1 radical (unpaired) electrons. The molecule has 107 valence electrons. The van der Waals surface area contributed by atoms with Gasteiger partial charge in [-0.2, -0.15) is 0 Å². The van der Waals surface area contributed by atoms with Crippen LogP contribution in [0.25, 0.3) is 17.2 Å². The lowest BCUT2D eigenvalue weighted by Crippen LogP contribution is -2.18. The Morgan fingerprint density at radius 2 is 1.62 bits per heavy atom. The summed E-state index contributed by atoms with van der Waals surface area (Å²) in [6.07, 6.45) is 2.48. The van der Waals surface area contributed by atoms with E-state index in [0.717, 1.165) is 0 Å². The zero-order valence-corrected chi connectivity index (χ0v) is 14.4. The molecule has 0 amide bonds. The minimum absolute atomic E-state index is 0.383. The van der Waals surface area contributed by atoms with Crippen molar-refractivity contribution in [3.63, 3.8) is 0 Å². The Hall–Kier alpha value is -1.60. The van der Waals surface area contributed by atoms with E-state index < -0.39 is 0 Å². The third-order valence-electron chi connectivity index (χ3n) is 4.42. The molecule has 21 heavy (non-hydrogen) atoms. The van der Waals surface area contributed by atoms with E-state index in [-0.39, 0.29) is 8.80 Å². The molecule has 1 aliphatic carbocycles. The molecule has 0 saturated carbocycles. The topological polar surface area (TPSA) is 0 Å². The summed E-state index contributed by atoms with van der Waals surface area (Å²) in [6.45, 7) is 9.54. The Labute approximate surface area is 130 Å². The zero-order valence-electron chi connectivity index (χ0n) is 13.4. The van der Waals surface area contributed by atoms with Crippen molar-refractivity contribution in [2.24, 2.45) is 5.92 Å². The van der Waals surface area contributed by atoms with Crippen LogP contribution in [0.5, 0.6) is 0 Å². The van der Waals surface area contributed by atoms with Gasteiger partial charge >= 0.3 is 0 Å². The molecule has 1 atom stereocenters. The fourth-order valence-electron chi connectivity index (χ4n) is 3.44. The largest absolute Gasteiger partial charge is 0.0705 e. The van der Waals surface area contributed by atoms with Crippen molar-refractivity contribution in [2.45, 2.75) is 32.5 Å². The maximum Gasteiger partial charge on any atom is 0.0552 e. The number of allylic oxidation sites excluding steroid dienone is 1. The molecule has 0 nitrogen and oxygen atoms in total. The number of hydrogen-bond acceptors (Lipinski definition) is 0. The predicted molar refractivity (Wildman–Crippen MR) is 94.9 cm³/mol. The van der Waals surface area contributed by atoms with Crippen LogP contribution in [-0.2, 0) is 0 Å². The Kier molecular flexibility index (Phi) is 3.86. The minimum atomic E-state index is -0.383. The lowest BCUT2D eigenvalue weighted by Gasteiger charge is -2.22. The van der Waals surface area contributed by atoms with Gasteiger partial charge < -0.3 is 0 Å². The Balaban J connectivity index is 2.18. The molecule has 1 unspecified atom stereocenters. The number of rotatable bonds is 3. The standard InChI is InChI=1S/C20H23Si/c1-14(2)18-13-19-16(15-9-6-5-7-10-15)11-8-12-17(19)20(18)21(3)4/h5-14,20H,1-4H3. The Morgan fingerprint density at radius 1 is 0.905 bits per heavy atom. The summed E-state index contributed by atoms with van der Waals surface area (Å²) < 4.78 is 0. The maximum atomic E-state index is 2.48. The van der Waals surface area contributed by atoms with Gasteiger partial charge in [-0.05, 0) is 33.7 Å². The van der Waals surface area contributed by atoms with Crippen LogP contribution >= 0.6 is 0 Å². The van der Waals surface area contributed by atoms with Gasteiger partial charge in [0.25, 0.3) is 0 Å². The van der Waals surface area contributed by atoms with Gasteiger partial charge in [-0.1, -0.05) is 87.1 Å². The van der Waals surface area contributed by atoms with Crippen molar-refractivity contribution >= 4 is 14.9 Å². The first-order chi connectivity index (χ1) is 10.1. The van der Waals surface area contributed by atoms with Gasteiger partial charge in [-0.15, -0.1) is 0 Å². The smallest absolute Gasteiger partial charge is 0.0552 e. The van der Waals surface area contributed by atoms with E-state index in [1.165, 1.54) is 16.7 Å². The van der Waals surface area contributed by atoms with Gasteiger partial charge in [0.2, 0.25) is 0 Å². The van der Waals surface area contributed by atoms with Crippen LogP contribution in [-0.4, -0.2) is 8.80 Å². The maximum absolute atomic E-state index is 2.48. The average molecular weight is 291 g/mol. The van der Waals surface area contributed by atoms with Crippen LogP contribution in [0.1, 0.15) is 30.5 Å². The Bertz CT molecular complexity index is 665. The van der Waals surface area contributed by atoms with Crippen molar-refractivity contribution in [2.75, 3.05) is 0 Å². The van der Waals surface area contributed by atoms with Gasteiger partial charge in [0.15, 0.2) is 0 Å². The second-order valence-electron chi connectivity index (χ2n) is 6.48. The van der Waals surface area contributed by atoms with E-state index >= 15 is 0 Å². The van der Waals surface area contributed by atoms with E-state index in [2.05, 4.69) is 81.5 Å². The van der Waals surface area contributed by atoms with Crippen molar-refractivity contribution in [3.05, 3.63) is 65.2 Å². The normalized spacial score (nSPS) is 17.2. The summed E-state index contributed by atoms with van der Waals surface area (Å²) in [6, 6.07) is 17.6. The first-order valence-corrected chi connectivity index (χ1v) is 10.4. The molecule has 2 aromatic rings. The van der Waals surface area contributed by atoms with Gasteiger partial charge in [0.1, 0.15) is 0 Å². The molecule has 0 saturated heterocycles. The van der Waals surface area contributed by atoms with Crippen molar-refractivity contribution in [3.8, 4) is 11.1 Å². The second kappa shape index (κ2) is 5.65. The van der Waals surface area contributed by atoms with Crippen LogP contribution in [0.4, 0.5) is 0 Å². The summed E-state index contributed by atoms with van der Waals surface area (Å²) in [5.74, 6) is 0.630. The van der Waals surface area contributed by atoms with E-state index in [0.29, 0.717) is 11.5 Å². The van der Waals surface area contributed by atoms with Crippen LogP contribution < -0.4 is 0 Å². The molecular formula is C20H23Si. The summed E-state index contributed by atoms with van der Waals surface area (Å²) in [4.78, 5) is 0. The molecule has 1 heteroatoms. The second-order valence-corrected chi connectivity index (χ2v) is 9.22. The van der Waals surface area contributed by atoms with Crippen LogP contribution in [0.15, 0.2) is 54.1 Å². The molecule has 0 bridgehead atoms. The van der Waals surface area contributed by atoms with Crippen LogP contribution in [0.3, 0.4) is 0 Å². The molecule has 1 aliphatic rings. The van der Waals surface area contributed by atoms with Crippen molar-refractivity contribution < 1.29 is 0 Å². The lowest BCUT2D eigenvalue weighted by molar-refractivity contribution is 0.741. The quantitative estimate of drug-likeness (QED) is 0.628. The van der Waals surface area contributed by atoms with Gasteiger partial charge in [0.05, 0.1) is 8.80 Å². The molecular weight excluding hydrogens is 268 g/mol. The fraction of sp³-hybridized carbons (Fsp3) is 0.300. The summed E-state index contributed by atoms with van der Waals surface area (Å²) in [5.41, 5.74) is 8.04. The molecule has 0 N–H and O–H groups in total. The third kappa shape index (κ3) is 2.51. The fourth-order valence-corrected chi connectivity index (χ4v) is 5.40. The van der Waals surface area contributed by atoms with E-state index in [9.17, 15) is 0 Å². The Morgan fingerprint density at radius 3 is 2.24 bits per heavy atom. The first-order valence-electron chi connectivity index (χ1n) is 7.79. The van der Waals surface area contributed by atoms with Gasteiger partial charge in [-0.25, -0.2) is 0 Å². The highest BCUT2D eigenvalue weighted by Gasteiger charge is 2.31. The molecule has 0 aromatic heterocycles. The molecule has 0 fully saturated rings. The minimum Gasteiger partial charge on any atom is -0.0705 e. The highest BCUT2D eigenvalue weighted by Crippen LogP contribution is 2.44. The SMILES string of the molecule is CC(C)C1=Cc2c(-c3ccccc3)cccc2C1[Si](C)C. The summed E-state index contributed by atoms with van der Waals surface area (Å²) in [7, 11) is -0.383. The number of benzene rings is 2. The van der Waals surface area contributed by atoms with Crippen LogP contribution in [0, 0.1) is 5.92 Å². The zero-order chi connectivity index (χ0) is 15.0. The predicted octanol–water partition coefficient (Wildman–Crippen LogP) is 5.78. The van der Waals surface area contributed by atoms with Crippen molar-refractivity contribution in [1.29, 1.82) is 0 Å². The lowest BCUT2D eigenvalue weighted by atomic mass is 9.97. The molecule has 0 heterocycles. The van der Waals surface area contributed by atoms with Gasteiger partial charge in [-0.3, -0.25) is 0 Å². The summed E-state index contributed by atoms with van der Waals surface area (Å²) in [5, 5.41) is 0. The van der Waals surface area contributed by atoms with Gasteiger partial charge in [0, 0.05) is 0 Å². The highest BCUT2D eigenvalue weighted by molar-refractivity contribution is 6.58. The monoisotopic (exact) mass is 291 g/mol. The average Bonchev–Trinajstić information content (AvgIpc) is 2.87. The molecule has 0 aliphatic heterocycles. The van der Waals surface area contributed by atoms with Crippen LogP contribution in [0.2, 0.25) is 13.1 Å². The van der Waals surface area contributed by atoms with Crippen molar-refractivity contribution in [1.82, 2.24) is 0 Å². The third-order valence-corrected chi connectivity index (χ3v) is 6.22. The van der Waals surface area contributed by atoms with E-state index in [4.69, 9.17) is 0 Å². The molecule has 3 rings (SSSR count).